The molecule has 5 heteroatoms. The van der Waals surface area contributed by atoms with Gasteiger partial charge in [-0.05, 0) is 44.2 Å². The van der Waals surface area contributed by atoms with Crippen LogP contribution in [0.15, 0.2) is 24.3 Å². The van der Waals surface area contributed by atoms with Crippen molar-refractivity contribution < 1.29 is 4.79 Å². The minimum atomic E-state index is 0.0240. The van der Waals surface area contributed by atoms with Crippen molar-refractivity contribution in [2.24, 2.45) is 5.73 Å². The lowest BCUT2D eigenvalue weighted by molar-refractivity contribution is -0.116. The van der Waals surface area contributed by atoms with Crippen LogP contribution >= 0.6 is 12.2 Å². The maximum Gasteiger partial charge on any atom is 0.225 e. The van der Waals surface area contributed by atoms with Crippen LogP contribution in [-0.4, -0.2) is 35.4 Å². The lowest BCUT2D eigenvalue weighted by atomic mass is 10.1. The third-order valence-electron chi connectivity index (χ3n) is 3.71. The summed E-state index contributed by atoms with van der Waals surface area (Å²) in [6.07, 6.45) is 2.70. The Morgan fingerprint density at radius 2 is 1.86 bits per heavy atom. The molecule has 0 bridgehead atoms. The molecule has 0 saturated carbocycles. The molecule has 1 aromatic rings. The Kier molecular flexibility index (Phi) is 7.32. The normalized spacial score (nSPS) is 10.9. The van der Waals surface area contributed by atoms with E-state index >= 15 is 0 Å². The number of nitrogens with one attached hydrogen (secondary N) is 1. The van der Waals surface area contributed by atoms with Gasteiger partial charge in [-0.15, -0.1) is 0 Å². The lowest BCUT2D eigenvalue weighted by Crippen LogP contribution is -2.33. The fourth-order valence-electron chi connectivity index (χ4n) is 2.31. The third kappa shape index (κ3) is 5.81. The predicted octanol–water partition coefficient (Wildman–Crippen LogP) is 2.77. The molecule has 0 aliphatic heterocycles. The summed E-state index contributed by atoms with van der Waals surface area (Å²) in [5.41, 5.74) is 7.11. The molecule has 0 heterocycles. The van der Waals surface area contributed by atoms with Gasteiger partial charge in [0.15, 0.2) is 0 Å². The van der Waals surface area contributed by atoms with E-state index in [1.807, 2.05) is 24.3 Å². The van der Waals surface area contributed by atoms with Crippen molar-refractivity contribution in [3.8, 4) is 0 Å². The van der Waals surface area contributed by atoms with Crippen molar-refractivity contribution in [2.45, 2.75) is 39.2 Å². The zero-order valence-corrected chi connectivity index (χ0v) is 13.9. The Morgan fingerprint density at radius 1 is 1.29 bits per heavy atom. The number of carbonyl (C=O) groups excluding carboxylic acids is 1. The Morgan fingerprint density at radius 3 is 2.33 bits per heavy atom. The summed E-state index contributed by atoms with van der Waals surface area (Å²) >= 11 is 4.90. The second-order valence-corrected chi connectivity index (χ2v) is 5.63. The minimum Gasteiger partial charge on any atom is -0.389 e. The van der Waals surface area contributed by atoms with E-state index in [1.165, 1.54) is 0 Å². The molecule has 0 unspecified atom stereocenters. The molecule has 21 heavy (non-hydrogen) atoms. The molecular weight excluding hydrogens is 282 g/mol. The SMILES string of the molecule is CCC(CC)N(C)CCC(=O)Nc1ccc(C(N)=S)cc1. The zero-order chi connectivity index (χ0) is 15.8. The van der Waals surface area contributed by atoms with E-state index in [2.05, 4.69) is 31.1 Å². The summed E-state index contributed by atoms with van der Waals surface area (Å²) in [5.74, 6) is 0.0240. The summed E-state index contributed by atoms with van der Waals surface area (Å²) in [6.45, 7) is 5.12. The van der Waals surface area contributed by atoms with Crippen molar-refractivity contribution in [3.63, 3.8) is 0 Å². The molecule has 0 aliphatic rings. The number of amides is 1. The van der Waals surface area contributed by atoms with Crippen LogP contribution in [0.25, 0.3) is 0 Å². The fourth-order valence-corrected chi connectivity index (χ4v) is 2.45. The van der Waals surface area contributed by atoms with Crippen LogP contribution in [0.4, 0.5) is 5.69 Å². The zero-order valence-electron chi connectivity index (χ0n) is 13.1. The highest BCUT2D eigenvalue weighted by molar-refractivity contribution is 7.80. The van der Waals surface area contributed by atoms with Gasteiger partial charge in [0.2, 0.25) is 5.91 Å². The maximum absolute atomic E-state index is 11.9. The first-order valence-corrected chi connectivity index (χ1v) is 7.78. The number of hydrogen-bond acceptors (Lipinski definition) is 3. The van der Waals surface area contributed by atoms with Gasteiger partial charge in [0.05, 0.1) is 0 Å². The number of nitrogens with zero attached hydrogens (tertiary/aromatic N) is 1. The lowest BCUT2D eigenvalue weighted by Gasteiger charge is -2.25. The Balaban J connectivity index is 2.45. The van der Waals surface area contributed by atoms with Crippen molar-refractivity contribution in [2.75, 3.05) is 18.9 Å². The monoisotopic (exact) mass is 307 g/mol. The van der Waals surface area contributed by atoms with E-state index in [-0.39, 0.29) is 5.91 Å². The van der Waals surface area contributed by atoms with Gasteiger partial charge in [0.1, 0.15) is 4.99 Å². The molecule has 0 aliphatic carbocycles. The van der Waals surface area contributed by atoms with Crippen molar-refractivity contribution in [1.82, 2.24) is 4.90 Å². The second-order valence-electron chi connectivity index (χ2n) is 5.19. The van der Waals surface area contributed by atoms with Gasteiger partial charge in [0.25, 0.3) is 0 Å². The molecule has 0 radical (unpaired) electrons. The number of hydrogen-bond donors (Lipinski definition) is 2. The molecule has 4 nitrogen and oxygen atoms in total. The van der Waals surface area contributed by atoms with Crippen LogP contribution in [0.2, 0.25) is 0 Å². The molecule has 0 aromatic heterocycles. The van der Waals surface area contributed by atoms with Crippen LogP contribution < -0.4 is 11.1 Å². The molecule has 0 atom stereocenters. The molecule has 0 spiro atoms. The number of carbonyl (C=O) groups is 1. The number of benzene rings is 1. The standard InChI is InChI=1S/C16H25N3OS/c1-4-14(5-2)19(3)11-10-15(20)18-13-8-6-12(7-9-13)16(17)21/h6-9,14H,4-5,10-11H2,1-3H3,(H2,17,21)(H,18,20). The van der Waals surface area contributed by atoms with Gasteiger partial charge in [-0.25, -0.2) is 0 Å². The Hall–Kier alpha value is -1.46. The summed E-state index contributed by atoms with van der Waals surface area (Å²) in [6, 6.07) is 7.80. The van der Waals surface area contributed by atoms with Crippen LogP contribution in [0, 0.1) is 0 Å². The summed E-state index contributed by atoms with van der Waals surface area (Å²) < 4.78 is 0. The van der Waals surface area contributed by atoms with Gasteiger partial charge in [-0.3, -0.25) is 4.79 Å². The summed E-state index contributed by atoms with van der Waals surface area (Å²) in [7, 11) is 2.07. The molecule has 1 rings (SSSR count). The summed E-state index contributed by atoms with van der Waals surface area (Å²) in [5, 5.41) is 2.89. The van der Waals surface area contributed by atoms with E-state index in [0.29, 0.717) is 17.5 Å². The average molecular weight is 307 g/mol. The van der Waals surface area contributed by atoms with Crippen LogP contribution in [0.1, 0.15) is 38.7 Å². The second kappa shape index (κ2) is 8.74. The van der Waals surface area contributed by atoms with E-state index < -0.39 is 0 Å². The highest BCUT2D eigenvalue weighted by atomic mass is 32.1. The smallest absolute Gasteiger partial charge is 0.225 e. The number of anilines is 1. The van der Waals surface area contributed by atoms with E-state index in [4.69, 9.17) is 18.0 Å². The first kappa shape index (κ1) is 17.6. The summed E-state index contributed by atoms with van der Waals surface area (Å²) in [4.78, 5) is 14.6. The fraction of sp³-hybridized carbons (Fsp3) is 0.500. The first-order chi connectivity index (χ1) is 9.97. The van der Waals surface area contributed by atoms with Gasteiger partial charge in [-0.1, -0.05) is 26.1 Å². The van der Waals surface area contributed by atoms with Gasteiger partial charge in [-0.2, -0.15) is 0 Å². The van der Waals surface area contributed by atoms with E-state index in [1.54, 1.807) is 0 Å². The van der Waals surface area contributed by atoms with Crippen LogP contribution in [0.5, 0.6) is 0 Å². The van der Waals surface area contributed by atoms with Crippen molar-refractivity contribution in [1.29, 1.82) is 0 Å². The molecular formula is C16H25N3OS. The van der Waals surface area contributed by atoms with Crippen LogP contribution in [0.3, 0.4) is 0 Å². The number of rotatable bonds is 8. The van der Waals surface area contributed by atoms with Gasteiger partial charge in [0, 0.05) is 30.3 Å². The molecule has 1 aromatic carbocycles. The number of thiocarbonyl (C=S) groups is 1. The van der Waals surface area contributed by atoms with Crippen molar-refractivity contribution in [3.05, 3.63) is 29.8 Å². The minimum absolute atomic E-state index is 0.0240. The van der Waals surface area contributed by atoms with Crippen LogP contribution in [-0.2, 0) is 4.79 Å². The molecule has 3 N–H and O–H groups in total. The topological polar surface area (TPSA) is 58.4 Å². The molecule has 1 amide bonds. The third-order valence-corrected chi connectivity index (χ3v) is 3.95. The van der Waals surface area contributed by atoms with Crippen molar-refractivity contribution >= 4 is 28.8 Å². The van der Waals surface area contributed by atoms with E-state index in [9.17, 15) is 4.79 Å². The quantitative estimate of drug-likeness (QED) is 0.725. The van der Waals surface area contributed by atoms with E-state index in [0.717, 1.165) is 30.6 Å². The molecule has 0 saturated heterocycles. The molecule has 0 fully saturated rings. The first-order valence-electron chi connectivity index (χ1n) is 7.37. The average Bonchev–Trinajstić information content (AvgIpc) is 2.47. The Labute approximate surface area is 132 Å². The predicted molar refractivity (Wildman–Crippen MR) is 92.6 cm³/mol. The highest BCUT2D eigenvalue weighted by Gasteiger charge is 2.12. The molecule has 116 valence electrons. The largest absolute Gasteiger partial charge is 0.389 e. The van der Waals surface area contributed by atoms with Gasteiger partial charge >= 0.3 is 0 Å². The highest BCUT2D eigenvalue weighted by Crippen LogP contribution is 2.11. The Bertz CT molecular complexity index is 469. The number of nitrogens with two attached hydrogens (primary N) is 1. The maximum atomic E-state index is 11.9. The van der Waals surface area contributed by atoms with Gasteiger partial charge < -0.3 is 16.0 Å².